The summed E-state index contributed by atoms with van der Waals surface area (Å²) in [7, 11) is 0. The van der Waals surface area contributed by atoms with Crippen molar-refractivity contribution >= 4 is 35.1 Å². The minimum absolute atomic E-state index is 0.000559. The summed E-state index contributed by atoms with van der Waals surface area (Å²) in [5.74, 6) is 0.657. The van der Waals surface area contributed by atoms with E-state index < -0.39 is 11.7 Å². The minimum Gasteiger partial charge on any atom is -0.444 e. The fourth-order valence-electron chi connectivity index (χ4n) is 4.30. The molecular weight excluding hydrogens is 468 g/mol. The first-order chi connectivity index (χ1) is 16.7. The molecule has 0 bridgehead atoms. The Morgan fingerprint density at radius 1 is 1.14 bits per heavy atom. The number of amides is 2. The monoisotopic (exact) mass is 494 g/mol. The number of alkyl carbamates (subject to hydrolysis) is 1. The van der Waals surface area contributed by atoms with Crippen molar-refractivity contribution in [2.45, 2.75) is 45.4 Å². The molecule has 4 heterocycles. The number of hydrogen-bond donors (Lipinski definition) is 1. The Hall–Kier alpha value is -3.59. The number of nitrogens with one attached hydrogen (secondary N) is 1. The number of pyridine rings is 1. The highest BCUT2D eigenvalue weighted by molar-refractivity contribution is 6.30. The first-order valence-corrected chi connectivity index (χ1v) is 11.9. The van der Waals surface area contributed by atoms with Crippen molar-refractivity contribution in [3.8, 4) is 5.69 Å². The van der Waals surface area contributed by atoms with Gasteiger partial charge in [-0.3, -0.25) is 4.79 Å². The summed E-state index contributed by atoms with van der Waals surface area (Å²) in [5, 5.41) is 8.06. The van der Waals surface area contributed by atoms with Gasteiger partial charge in [0, 0.05) is 29.9 Å². The lowest BCUT2D eigenvalue weighted by Gasteiger charge is -2.22. The van der Waals surface area contributed by atoms with Gasteiger partial charge in [0.2, 0.25) is 0 Å². The molecule has 3 aromatic rings. The van der Waals surface area contributed by atoms with Gasteiger partial charge in [-0.1, -0.05) is 11.6 Å². The molecule has 1 saturated heterocycles. The smallest absolute Gasteiger partial charge is 0.407 e. The van der Waals surface area contributed by atoms with Crippen molar-refractivity contribution in [1.82, 2.24) is 20.1 Å². The summed E-state index contributed by atoms with van der Waals surface area (Å²) in [6.07, 6.45) is 3.99. The van der Waals surface area contributed by atoms with Gasteiger partial charge in [-0.05, 0) is 63.6 Å². The van der Waals surface area contributed by atoms with Crippen LogP contribution in [0.25, 0.3) is 5.69 Å². The molecule has 10 heteroatoms. The van der Waals surface area contributed by atoms with Crippen molar-refractivity contribution < 1.29 is 14.3 Å². The molecule has 1 fully saturated rings. The average molecular weight is 495 g/mol. The predicted octanol–water partition coefficient (Wildman–Crippen LogP) is 4.18. The molecule has 0 radical (unpaired) electrons. The first-order valence-electron chi connectivity index (χ1n) is 11.5. The Labute approximate surface area is 208 Å². The van der Waals surface area contributed by atoms with Crippen LogP contribution in [0.2, 0.25) is 5.02 Å². The number of carbonyl (C=O) groups excluding carboxylic acids is 2. The molecule has 2 aliphatic rings. The van der Waals surface area contributed by atoms with E-state index in [4.69, 9.17) is 16.3 Å². The molecule has 2 amide bonds. The summed E-state index contributed by atoms with van der Waals surface area (Å²) in [6.45, 7) is 7.40. The Kier molecular flexibility index (Phi) is 5.88. The van der Waals surface area contributed by atoms with Gasteiger partial charge in [-0.15, -0.1) is 0 Å². The van der Waals surface area contributed by atoms with E-state index in [9.17, 15) is 9.59 Å². The van der Waals surface area contributed by atoms with Gasteiger partial charge >= 0.3 is 6.09 Å². The molecule has 1 unspecified atom stereocenters. The topological polar surface area (TPSA) is 92.6 Å². The molecular formula is C25H27ClN6O3. The van der Waals surface area contributed by atoms with Crippen molar-refractivity contribution in [3.05, 3.63) is 65.1 Å². The molecule has 1 atom stereocenters. The van der Waals surface area contributed by atoms with E-state index in [-0.39, 0.29) is 11.9 Å². The van der Waals surface area contributed by atoms with Gasteiger partial charge < -0.3 is 19.9 Å². The molecule has 1 aromatic carbocycles. The number of fused-ring (bicyclic) bond motifs is 1. The lowest BCUT2D eigenvalue weighted by atomic mass is 10.2. The molecule has 9 nitrogen and oxygen atoms in total. The quantitative estimate of drug-likeness (QED) is 0.584. The van der Waals surface area contributed by atoms with Crippen LogP contribution in [0.15, 0.2) is 48.8 Å². The van der Waals surface area contributed by atoms with Gasteiger partial charge in [-0.2, -0.15) is 5.10 Å². The lowest BCUT2D eigenvalue weighted by Crippen LogP contribution is -2.40. The Bertz CT molecular complexity index is 1250. The Morgan fingerprint density at radius 3 is 2.54 bits per heavy atom. The third kappa shape index (κ3) is 4.95. The molecule has 0 spiro atoms. The number of aromatic nitrogens is 3. The van der Waals surface area contributed by atoms with Crippen molar-refractivity contribution in [2.75, 3.05) is 22.9 Å². The highest BCUT2D eigenvalue weighted by Gasteiger charge is 2.33. The van der Waals surface area contributed by atoms with Crippen LogP contribution in [0.3, 0.4) is 0 Å². The molecule has 35 heavy (non-hydrogen) atoms. The van der Waals surface area contributed by atoms with Crippen molar-refractivity contribution in [2.24, 2.45) is 0 Å². The van der Waals surface area contributed by atoms with Crippen molar-refractivity contribution in [3.63, 3.8) is 0 Å². The number of anilines is 2. The number of hydrogen-bond acceptors (Lipinski definition) is 6. The van der Waals surface area contributed by atoms with Crippen LogP contribution >= 0.6 is 11.6 Å². The molecule has 182 valence electrons. The van der Waals surface area contributed by atoms with E-state index >= 15 is 0 Å². The van der Waals surface area contributed by atoms with E-state index in [0.29, 0.717) is 23.8 Å². The summed E-state index contributed by atoms with van der Waals surface area (Å²) in [5.41, 5.74) is 2.35. The van der Waals surface area contributed by atoms with Crippen LogP contribution in [0.1, 0.15) is 43.2 Å². The molecule has 2 aromatic heterocycles. The fourth-order valence-corrected chi connectivity index (χ4v) is 4.42. The third-order valence-electron chi connectivity index (χ3n) is 5.93. The van der Waals surface area contributed by atoms with E-state index in [0.717, 1.165) is 35.7 Å². The molecule has 0 aliphatic carbocycles. The highest BCUT2D eigenvalue weighted by atomic mass is 35.5. The van der Waals surface area contributed by atoms with Crippen LogP contribution in [0.5, 0.6) is 0 Å². The standard InChI is InChI=1S/C25H27ClN6O3/c1-25(2,3)35-24(34)28-18-10-11-30(15-18)21-9-8-20(12-27-21)31-13-16-14-32(29-22(16)23(31)33)19-6-4-17(26)5-7-19/h4-9,12,14,18H,10-11,13,15H2,1-3H3,(H,28,34). The third-order valence-corrected chi connectivity index (χ3v) is 6.19. The number of rotatable bonds is 4. The maximum absolute atomic E-state index is 13.0. The van der Waals surface area contributed by atoms with Gasteiger partial charge in [0.25, 0.3) is 5.91 Å². The largest absolute Gasteiger partial charge is 0.444 e. The Morgan fingerprint density at radius 2 is 1.89 bits per heavy atom. The number of halogens is 1. The van der Waals surface area contributed by atoms with Gasteiger partial charge in [0.1, 0.15) is 11.4 Å². The first kappa shape index (κ1) is 23.2. The van der Waals surface area contributed by atoms with Gasteiger partial charge in [-0.25, -0.2) is 14.5 Å². The number of benzene rings is 1. The number of nitrogens with zero attached hydrogens (tertiary/aromatic N) is 5. The zero-order valence-corrected chi connectivity index (χ0v) is 20.6. The zero-order valence-electron chi connectivity index (χ0n) is 19.9. The molecule has 5 rings (SSSR count). The zero-order chi connectivity index (χ0) is 24.7. The predicted molar refractivity (Wildman–Crippen MR) is 133 cm³/mol. The molecule has 2 aliphatic heterocycles. The van der Waals surface area contributed by atoms with Crippen LogP contribution in [0, 0.1) is 0 Å². The van der Waals surface area contributed by atoms with Crippen LogP contribution in [0.4, 0.5) is 16.3 Å². The van der Waals surface area contributed by atoms with E-state index in [2.05, 4.69) is 20.3 Å². The normalized spacial score (nSPS) is 17.6. The maximum Gasteiger partial charge on any atom is 0.407 e. The molecule has 1 N–H and O–H groups in total. The fraction of sp³-hybridized carbons (Fsp3) is 0.360. The second kappa shape index (κ2) is 8.88. The number of carbonyl (C=O) groups is 2. The minimum atomic E-state index is -0.527. The molecule has 0 saturated carbocycles. The van der Waals surface area contributed by atoms with Crippen LogP contribution in [-0.4, -0.2) is 51.5 Å². The SMILES string of the molecule is CC(C)(C)OC(=O)NC1CCN(c2ccc(N3Cc4cn(-c5ccc(Cl)cc5)nc4C3=O)cn2)C1. The summed E-state index contributed by atoms with van der Waals surface area (Å²) in [4.78, 5) is 33.4. The maximum atomic E-state index is 13.0. The second-order valence-electron chi connectivity index (χ2n) is 9.77. The lowest BCUT2D eigenvalue weighted by molar-refractivity contribution is 0.0509. The summed E-state index contributed by atoms with van der Waals surface area (Å²) in [6, 6.07) is 11.1. The van der Waals surface area contributed by atoms with E-state index in [1.54, 1.807) is 27.9 Å². The van der Waals surface area contributed by atoms with E-state index in [1.165, 1.54) is 0 Å². The van der Waals surface area contributed by atoms with Gasteiger partial charge in [0.05, 0.1) is 30.2 Å². The van der Waals surface area contributed by atoms with Crippen LogP contribution in [-0.2, 0) is 11.3 Å². The van der Waals surface area contributed by atoms with Crippen molar-refractivity contribution in [1.29, 1.82) is 0 Å². The second-order valence-corrected chi connectivity index (χ2v) is 10.2. The summed E-state index contributed by atoms with van der Waals surface area (Å²) >= 11 is 5.96. The Balaban J connectivity index is 1.21. The van der Waals surface area contributed by atoms with E-state index in [1.807, 2.05) is 51.2 Å². The van der Waals surface area contributed by atoms with Gasteiger partial charge in [0.15, 0.2) is 5.69 Å². The highest BCUT2D eigenvalue weighted by Crippen LogP contribution is 2.29. The average Bonchev–Trinajstić information content (AvgIpc) is 3.50. The van der Waals surface area contributed by atoms with Crippen LogP contribution < -0.4 is 15.1 Å². The summed E-state index contributed by atoms with van der Waals surface area (Å²) < 4.78 is 7.05. The number of ether oxygens (including phenoxy) is 1.